The first kappa shape index (κ1) is 18.0. The summed E-state index contributed by atoms with van der Waals surface area (Å²) in [5.74, 6) is 1.22. The molecule has 3 aromatic rings. The van der Waals surface area contributed by atoms with Crippen molar-refractivity contribution in [3.05, 3.63) is 45.2 Å². The van der Waals surface area contributed by atoms with Gasteiger partial charge in [-0.25, -0.2) is 9.67 Å². The molecule has 0 aliphatic heterocycles. The summed E-state index contributed by atoms with van der Waals surface area (Å²) < 4.78 is 1.79. The topological polar surface area (TPSA) is 97.6 Å². The van der Waals surface area contributed by atoms with Crippen LogP contribution in [0.4, 0.5) is 5.82 Å². The predicted molar refractivity (Wildman–Crippen MR) is 101 cm³/mol. The van der Waals surface area contributed by atoms with Crippen LogP contribution < -0.4 is 10.6 Å². The quantitative estimate of drug-likeness (QED) is 0.645. The molecule has 1 amide bonds. The maximum Gasteiger partial charge on any atom is 0.263 e. The second kappa shape index (κ2) is 7.61. The van der Waals surface area contributed by atoms with E-state index < -0.39 is 0 Å². The Labute approximate surface area is 155 Å². The third-order valence-electron chi connectivity index (χ3n) is 4.19. The van der Waals surface area contributed by atoms with Crippen molar-refractivity contribution in [2.75, 3.05) is 18.4 Å². The highest BCUT2D eigenvalue weighted by atomic mass is 32.1. The van der Waals surface area contributed by atoms with Gasteiger partial charge in [0.1, 0.15) is 10.7 Å². The minimum Gasteiger partial charge on any atom is -0.367 e. The van der Waals surface area contributed by atoms with Crippen LogP contribution in [0.1, 0.15) is 32.3 Å². The van der Waals surface area contributed by atoms with E-state index in [0.29, 0.717) is 29.6 Å². The Morgan fingerprint density at radius 2 is 1.92 bits per heavy atom. The van der Waals surface area contributed by atoms with Gasteiger partial charge in [-0.2, -0.15) is 5.10 Å². The molecule has 8 nitrogen and oxygen atoms in total. The number of amides is 1. The Bertz CT molecular complexity index is 914. The number of anilines is 1. The Kier molecular flexibility index (Phi) is 5.27. The molecule has 0 bridgehead atoms. The summed E-state index contributed by atoms with van der Waals surface area (Å²) in [6, 6.07) is 3.72. The molecule has 0 atom stereocenters. The maximum absolute atomic E-state index is 12.0. The first-order chi connectivity index (χ1) is 12.5. The lowest BCUT2D eigenvalue weighted by atomic mass is 10.2. The van der Waals surface area contributed by atoms with Crippen LogP contribution >= 0.6 is 11.3 Å². The average molecular weight is 371 g/mol. The second-order valence-corrected chi connectivity index (χ2v) is 6.79. The third kappa shape index (κ3) is 3.72. The number of aryl methyl sites for hydroxylation is 2. The molecule has 3 rings (SSSR count). The Morgan fingerprint density at radius 3 is 2.50 bits per heavy atom. The minimum absolute atomic E-state index is 0.104. The van der Waals surface area contributed by atoms with Crippen molar-refractivity contribution in [2.45, 2.75) is 27.7 Å². The van der Waals surface area contributed by atoms with Crippen molar-refractivity contribution >= 4 is 23.1 Å². The van der Waals surface area contributed by atoms with E-state index in [4.69, 9.17) is 0 Å². The van der Waals surface area contributed by atoms with E-state index >= 15 is 0 Å². The number of carbonyl (C=O) groups excluding carboxylic acids is 1. The van der Waals surface area contributed by atoms with Gasteiger partial charge in [-0.05, 0) is 45.4 Å². The smallest absolute Gasteiger partial charge is 0.263 e. The molecule has 26 heavy (non-hydrogen) atoms. The van der Waals surface area contributed by atoms with Crippen molar-refractivity contribution in [2.24, 2.45) is 0 Å². The van der Waals surface area contributed by atoms with Gasteiger partial charge in [0.2, 0.25) is 0 Å². The molecule has 0 radical (unpaired) electrons. The standard InChI is InChI=1S/C17H21N7OS/c1-10-11(2)23-24(13(10)4)15-6-5-14(21-22-15)18-7-8-19-17(25)16-12(3)20-9-26-16/h5-6,9H,7-8H2,1-4H3,(H,18,21)(H,19,25). The number of nitrogens with zero attached hydrogens (tertiary/aromatic N) is 5. The Balaban J connectivity index is 1.53. The van der Waals surface area contributed by atoms with E-state index in [0.717, 1.165) is 22.6 Å². The first-order valence-electron chi connectivity index (χ1n) is 8.26. The van der Waals surface area contributed by atoms with Gasteiger partial charge in [0.05, 0.1) is 16.9 Å². The summed E-state index contributed by atoms with van der Waals surface area (Å²) in [4.78, 5) is 16.7. The van der Waals surface area contributed by atoms with Crippen molar-refractivity contribution in [1.29, 1.82) is 0 Å². The fraction of sp³-hybridized carbons (Fsp3) is 0.353. The Hall–Kier alpha value is -2.81. The lowest BCUT2D eigenvalue weighted by molar-refractivity contribution is 0.0958. The number of hydrogen-bond acceptors (Lipinski definition) is 7. The number of rotatable bonds is 6. The molecule has 0 aliphatic rings. The van der Waals surface area contributed by atoms with Gasteiger partial charge in [-0.15, -0.1) is 21.5 Å². The summed E-state index contributed by atoms with van der Waals surface area (Å²) in [6.45, 7) is 8.89. The van der Waals surface area contributed by atoms with Crippen molar-refractivity contribution in [3.8, 4) is 5.82 Å². The second-order valence-electron chi connectivity index (χ2n) is 5.93. The predicted octanol–water partition coefficient (Wildman–Crippen LogP) is 2.19. The number of carbonyl (C=O) groups is 1. The molecule has 2 N–H and O–H groups in total. The van der Waals surface area contributed by atoms with Gasteiger partial charge in [-0.3, -0.25) is 4.79 Å². The highest BCUT2D eigenvalue weighted by Gasteiger charge is 2.11. The van der Waals surface area contributed by atoms with Crippen LogP contribution in [0.5, 0.6) is 0 Å². The van der Waals surface area contributed by atoms with Crippen LogP contribution in [0.15, 0.2) is 17.6 Å². The zero-order chi connectivity index (χ0) is 18.7. The molecule has 0 unspecified atom stereocenters. The van der Waals surface area contributed by atoms with E-state index in [1.165, 1.54) is 11.3 Å². The van der Waals surface area contributed by atoms with Crippen molar-refractivity contribution in [3.63, 3.8) is 0 Å². The van der Waals surface area contributed by atoms with E-state index in [-0.39, 0.29) is 5.91 Å². The first-order valence-corrected chi connectivity index (χ1v) is 9.14. The molecule has 136 valence electrons. The van der Waals surface area contributed by atoms with Crippen LogP contribution in [-0.4, -0.2) is 44.0 Å². The molecule has 0 aliphatic carbocycles. The number of thiazole rings is 1. The molecule has 0 spiro atoms. The SMILES string of the molecule is Cc1ncsc1C(=O)NCCNc1ccc(-n2nc(C)c(C)c2C)nn1. The normalized spacial score (nSPS) is 10.8. The maximum atomic E-state index is 12.0. The third-order valence-corrected chi connectivity index (χ3v) is 5.12. The lowest BCUT2D eigenvalue weighted by Crippen LogP contribution is -2.28. The molecule has 0 saturated carbocycles. The van der Waals surface area contributed by atoms with Gasteiger partial charge in [0.25, 0.3) is 5.91 Å². The van der Waals surface area contributed by atoms with Gasteiger partial charge < -0.3 is 10.6 Å². The molecule has 3 aromatic heterocycles. The summed E-state index contributed by atoms with van der Waals surface area (Å²) in [6.07, 6.45) is 0. The largest absolute Gasteiger partial charge is 0.367 e. The minimum atomic E-state index is -0.104. The monoisotopic (exact) mass is 371 g/mol. The number of aromatic nitrogens is 5. The zero-order valence-electron chi connectivity index (χ0n) is 15.2. The number of hydrogen-bond donors (Lipinski definition) is 2. The molecule has 0 fully saturated rings. The van der Waals surface area contributed by atoms with Crippen LogP contribution in [0.3, 0.4) is 0 Å². The molecular weight excluding hydrogens is 350 g/mol. The molecule has 9 heteroatoms. The molecule has 0 saturated heterocycles. The summed E-state index contributed by atoms with van der Waals surface area (Å²) in [5, 5.41) is 18.9. The fourth-order valence-corrected chi connectivity index (χ4v) is 3.16. The van der Waals surface area contributed by atoms with E-state index in [9.17, 15) is 4.79 Å². The highest BCUT2D eigenvalue weighted by molar-refractivity contribution is 7.11. The van der Waals surface area contributed by atoms with Gasteiger partial charge in [-0.1, -0.05) is 0 Å². The van der Waals surface area contributed by atoms with E-state index in [1.54, 1.807) is 10.2 Å². The summed E-state index contributed by atoms with van der Waals surface area (Å²) in [7, 11) is 0. The van der Waals surface area contributed by atoms with Gasteiger partial charge in [0.15, 0.2) is 5.82 Å². The summed E-state index contributed by atoms with van der Waals surface area (Å²) >= 11 is 1.34. The van der Waals surface area contributed by atoms with E-state index in [2.05, 4.69) is 30.9 Å². The van der Waals surface area contributed by atoms with Gasteiger partial charge in [0, 0.05) is 18.8 Å². The van der Waals surface area contributed by atoms with Crippen LogP contribution in [-0.2, 0) is 0 Å². The van der Waals surface area contributed by atoms with Crippen LogP contribution in [0, 0.1) is 27.7 Å². The van der Waals surface area contributed by atoms with E-state index in [1.807, 2.05) is 39.8 Å². The van der Waals surface area contributed by atoms with Crippen LogP contribution in [0.2, 0.25) is 0 Å². The van der Waals surface area contributed by atoms with Crippen molar-refractivity contribution < 1.29 is 4.79 Å². The Morgan fingerprint density at radius 1 is 1.12 bits per heavy atom. The van der Waals surface area contributed by atoms with Crippen LogP contribution in [0.25, 0.3) is 5.82 Å². The molecular formula is C17H21N7OS. The fourth-order valence-electron chi connectivity index (χ4n) is 2.44. The average Bonchev–Trinajstić information content (AvgIpc) is 3.18. The molecule has 0 aromatic carbocycles. The molecule has 3 heterocycles. The lowest BCUT2D eigenvalue weighted by Gasteiger charge is -2.08. The number of nitrogens with one attached hydrogen (secondary N) is 2. The van der Waals surface area contributed by atoms with Gasteiger partial charge >= 0.3 is 0 Å². The summed E-state index contributed by atoms with van der Waals surface area (Å²) in [5.41, 5.74) is 5.61. The van der Waals surface area contributed by atoms with Crippen molar-refractivity contribution in [1.82, 2.24) is 30.3 Å². The highest BCUT2D eigenvalue weighted by Crippen LogP contribution is 2.15. The zero-order valence-corrected chi connectivity index (χ0v) is 16.0.